The summed E-state index contributed by atoms with van der Waals surface area (Å²) in [6.45, 7) is 6.23. The fourth-order valence-corrected chi connectivity index (χ4v) is 3.04. The smallest absolute Gasteiger partial charge is 0.167 e. The van der Waals surface area contributed by atoms with Crippen molar-refractivity contribution in [3.8, 4) is 0 Å². The molecule has 68 valence electrons. The van der Waals surface area contributed by atoms with Crippen LogP contribution in [0.15, 0.2) is 0 Å². The second kappa shape index (κ2) is 1.92. The molecule has 2 rings (SSSR count). The zero-order valence-corrected chi connectivity index (χ0v) is 7.92. The molecule has 2 heteroatoms. The van der Waals surface area contributed by atoms with Crippen LogP contribution in [0, 0.1) is 16.7 Å². The van der Waals surface area contributed by atoms with E-state index in [0.29, 0.717) is 0 Å². The highest BCUT2D eigenvalue weighted by Crippen LogP contribution is 2.63. The summed E-state index contributed by atoms with van der Waals surface area (Å²) in [4.78, 5) is 11.7. The van der Waals surface area contributed by atoms with Crippen molar-refractivity contribution in [2.75, 3.05) is 0 Å². The van der Waals surface area contributed by atoms with Crippen molar-refractivity contribution in [1.82, 2.24) is 0 Å². The Morgan fingerprint density at radius 2 is 2.00 bits per heavy atom. The molecule has 0 aromatic carbocycles. The van der Waals surface area contributed by atoms with E-state index in [1.54, 1.807) is 0 Å². The number of carbonyl (C=O) groups is 1. The maximum Gasteiger partial charge on any atom is 0.167 e. The highest BCUT2D eigenvalue weighted by atomic mass is 16.3. The van der Waals surface area contributed by atoms with Crippen LogP contribution < -0.4 is 0 Å². The summed E-state index contributed by atoms with van der Waals surface area (Å²) in [5.41, 5.74) is -0.249. The fourth-order valence-electron chi connectivity index (χ4n) is 3.04. The van der Waals surface area contributed by atoms with Crippen LogP contribution in [-0.2, 0) is 4.79 Å². The molecule has 0 heterocycles. The van der Waals surface area contributed by atoms with Crippen LogP contribution in [0.3, 0.4) is 0 Å². The molecule has 2 saturated carbocycles. The molecular weight excluding hydrogens is 152 g/mol. The summed E-state index contributed by atoms with van der Waals surface area (Å²) in [5, 5.41) is 9.64. The minimum Gasteiger partial charge on any atom is -0.385 e. The summed E-state index contributed by atoms with van der Waals surface area (Å²) in [6.07, 6.45) is 1.29. The van der Waals surface area contributed by atoms with Crippen molar-refractivity contribution >= 4 is 5.78 Å². The Hall–Kier alpha value is -0.370. The van der Waals surface area contributed by atoms with E-state index in [9.17, 15) is 9.90 Å². The van der Waals surface area contributed by atoms with Crippen molar-refractivity contribution in [2.45, 2.75) is 39.7 Å². The van der Waals surface area contributed by atoms with E-state index in [1.165, 1.54) is 0 Å². The second-order valence-corrected chi connectivity index (χ2v) is 5.01. The third-order valence-electron chi connectivity index (χ3n) is 4.50. The minimum atomic E-state index is -0.682. The number of carbonyl (C=O) groups excluding carboxylic acids is 1. The largest absolute Gasteiger partial charge is 0.385 e. The molecule has 2 aliphatic carbocycles. The first kappa shape index (κ1) is 8.24. The van der Waals surface area contributed by atoms with Crippen molar-refractivity contribution in [1.29, 1.82) is 0 Å². The van der Waals surface area contributed by atoms with E-state index in [-0.39, 0.29) is 22.5 Å². The zero-order valence-electron chi connectivity index (χ0n) is 7.92. The Balaban J connectivity index is 2.50. The van der Waals surface area contributed by atoms with E-state index in [2.05, 4.69) is 13.8 Å². The quantitative estimate of drug-likeness (QED) is 0.593. The zero-order chi connectivity index (χ0) is 9.15. The average Bonchev–Trinajstić information content (AvgIpc) is 2.26. The Kier molecular flexibility index (Phi) is 1.32. The summed E-state index contributed by atoms with van der Waals surface area (Å²) in [5.74, 6) is 0.277. The molecule has 2 fully saturated rings. The first-order valence-corrected chi connectivity index (χ1v) is 4.63. The Morgan fingerprint density at radius 3 is 2.25 bits per heavy atom. The number of hydrogen-bond donors (Lipinski definition) is 1. The van der Waals surface area contributed by atoms with Gasteiger partial charge in [0, 0.05) is 5.41 Å². The highest BCUT2D eigenvalue weighted by Gasteiger charge is 2.65. The van der Waals surface area contributed by atoms with Crippen LogP contribution in [0.2, 0.25) is 0 Å². The predicted octanol–water partition coefficient (Wildman–Crippen LogP) is 1.37. The molecule has 0 spiro atoms. The van der Waals surface area contributed by atoms with Crippen LogP contribution >= 0.6 is 0 Å². The predicted molar refractivity (Wildman–Crippen MR) is 45.6 cm³/mol. The second-order valence-electron chi connectivity index (χ2n) is 5.01. The molecule has 2 aliphatic rings. The van der Waals surface area contributed by atoms with Gasteiger partial charge in [0.1, 0.15) is 6.10 Å². The van der Waals surface area contributed by atoms with Crippen molar-refractivity contribution in [3.63, 3.8) is 0 Å². The molecule has 3 atom stereocenters. The van der Waals surface area contributed by atoms with Crippen molar-refractivity contribution < 1.29 is 9.90 Å². The van der Waals surface area contributed by atoms with E-state index in [4.69, 9.17) is 0 Å². The monoisotopic (exact) mass is 168 g/mol. The number of aliphatic hydroxyl groups is 1. The molecule has 12 heavy (non-hydrogen) atoms. The topological polar surface area (TPSA) is 37.3 Å². The summed E-state index contributed by atoms with van der Waals surface area (Å²) in [6, 6.07) is 0. The van der Waals surface area contributed by atoms with Crippen molar-refractivity contribution in [2.24, 2.45) is 16.7 Å². The number of aliphatic hydroxyl groups excluding tert-OH is 1. The van der Waals surface area contributed by atoms with Crippen molar-refractivity contribution in [3.05, 3.63) is 0 Å². The third kappa shape index (κ3) is 0.598. The van der Waals surface area contributed by atoms with Crippen LogP contribution in [0.25, 0.3) is 0 Å². The van der Waals surface area contributed by atoms with Gasteiger partial charge in [0.05, 0.1) is 0 Å². The first-order chi connectivity index (χ1) is 5.41. The van der Waals surface area contributed by atoms with Gasteiger partial charge in [0.2, 0.25) is 0 Å². The summed E-state index contributed by atoms with van der Waals surface area (Å²) < 4.78 is 0. The van der Waals surface area contributed by atoms with Crippen LogP contribution in [0.5, 0.6) is 0 Å². The average molecular weight is 168 g/mol. The van der Waals surface area contributed by atoms with E-state index >= 15 is 0 Å². The lowest BCUT2D eigenvalue weighted by Crippen LogP contribution is -2.34. The van der Waals surface area contributed by atoms with Gasteiger partial charge in [0.25, 0.3) is 0 Å². The van der Waals surface area contributed by atoms with Gasteiger partial charge in [-0.3, -0.25) is 4.79 Å². The molecule has 0 saturated heterocycles. The number of ketones is 1. The molecule has 0 radical (unpaired) electrons. The number of rotatable bonds is 0. The third-order valence-corrected chi connectivity index (χ3v) is 4.50. The minimum absolute atomic E-state index is 0.00347. The van der Waals surface area contributed by atoms with E-state index < -0.39 is 6.10 Å². The van der Waals surface area contributed by atoms with Crippen LogP contribution in [0.1, 0.15) is 33.6 Å². The Bertz CT molecular complexity index is 244. The van der Waals surface area contributed by atoms with Gasteiger partial charge >= 0.3 is 0 Å². The molecule has 0 aromatic heterocycles. The Morgan fingerprint density at radius 1 is 1.42 bits per heavy atom. The maximum atomic E-state index is 11.7. The lowest BCUT2D eigenvalue weighted by atomic mass is 9.70. The fraction of sp³-hybridized carbons (Fsp3) is 0.900. The molecule has 2 bridgehead atoms. The maximum absolute atomic E-state index is 11.7. The molecular formula is C10H16O2. The van der Waals surface area contributed by atoms with Gasteiger partial charge < -0.3 is 5.11 Å². The lowest BCUT2D eigenvalue weighted by Gasteiger charge is -2.31. The number of hydrogen-bond acceptors (Lipinski definition) is 2. The molecule has 0 aliphatic heterocycles. The lowest BCUT2D eigenvalue weighted by molar-refractivity contribution is -0.135. The highest BCUT2D eigenvalue weighted by molar-refractivity contribution is 5.93. The molecule has 0 amide bonds. The van der Waals surface area contributed by atoms with Gasteiger partial charge in [-0.2, -0.15) is 0 Å². The van der Waals surface area contributed by atoms with Gasteiger partial charge in [-0.05, 0) is 24.2 Å². The van der Waals surface area contributed by atoms with Gasteiger partial charge in [-0.25, -0.2) is 0 Å². The van der Waals surface area contributed by atoms with Gasteiger partial charge in [-0.1, -0.05) is 20.8 Å². The van der Waals surface area contributed by atoms with E-state index in [1.807, 2.05) is 6.92 Å². The first-order valence-electron chi connectivity index (χ1n) is 4.63. The molecule has 1 N–H and O–H groups in total. The molecule has 0 aromatic rings. The van der Waals surface area contributed by atoms with E-state index in [0.717, 1.165) is 12.8 Å². The number of fused-ring (bicyclic) bond motifs is 2. The normalized spacial score (nSPS) is 50.2. The number of Topliss-reactive ketones (excluding diaryl/α,β-unsaturated/α-hetero) is 1. The summed E-state index contributed by atoms with van der Waals surface area (Å²) in [7, 11) is 0. The summed E-state index contributed by atoms with van der Waals surface area (Å²) >= 11 is 0. The molecule has 0 unspecified atom stereocenters. The van der Waals surface area contributed by atoms with Crippen LogP contribution in [-0.4, -0.2) is 17.0 Å². The molecule has 2 nitrogen and oxygen atoms in total. The van der Waals surface area contributed by atoms with Crippen LogP contribution in [0.4, 0.5) is 0 Å². The Labute approximate surface area is 73.0 Å². The standard InChI is InChI=1S/C10H16O2/c1-9(2)6-4-5-10(9,3)8(12)7(6)11/h6-7,11H,4-5H2,1-3H3/t6-,7-,10+/m0/s1. The van der Waals surface area contributed by atoms with Gasteiger partial charge in [-0.15, -0.1) is 0 Å². The van der Waals surface area contributed by atoms with Gasteiger partial charge in [0.15, 0.2) is 5.78 Å². The SMILES string of the molecule is CC1(C)[C@H]2CC[C@]1(C)C(=O)[C@H]2O.